The van der Waals surface area contributed by atoms with Gasteiger partial charge in [-0.1, -0.05) is 12.2 Å². The van der Waals surface area contributed by atoms with Crippen LogP contribution in [0.15, 0.2) is 12.2 Å². The van der Waals surface area contributed by atoms with E-state index in [1.807, 2.05) is 0 Å². The van der Waals surface area contributed by atoms with Crippen molar-refractivity contribution >= 4 is 0 Å². The molecule has 0 fully saturated rings. The predicted octanol–water partition coefficient (Wildman–Crippen LogP) is -1.36. The molecule has 1 aliphatic carbocycles. The Labute approximate surface area is 46.9 Å². The van der Waals surface area contributed by atoms with Gasteiger partial charge >= 0.3 is 0 Å². The van der Waals surface area contributed by atoms with Crippen molar-refractivity contribution in [3.8, 4) is 0 Å². The Balaban J connectivity index is 2.55. The number of aliphatic hydroxyl groups excluding tert-OH is 3. The van der Waals surface area contributed by atoms with Gasteiger partial charge in [-0.05, 0) is 0 Å². The van der Waals surface area contributed by atoms with E-state index in [9.17, 15) is 0 Å². The van der Waals surface area contributed by atoms with Crippen molar-refractivity contribution in [2.75, 3.05) is 0 Å². The third kappa shape index (κ3) is 0.753. The van der Waals surface area contributed by atoms with Crippen LogP contribution in [0, 0.1) is 0 Å². The lowest BCUT2D eigenvalue weighted by molar-refractivity contribution is -0.00758. The average molecular weight is 116 g/mol. The number of rotatable bonds is 0. The average Bonchev–Trinajstić information content (AvgIpc) is 1.98. The van der Waals surface area contributed by atoms with Gasteiger partial charge in [-0.2, -0.15) is 0 Å². The molecule has 1 aliphatic rings. The van der Waals surface area contributed by atoms with Gasteiger partial charge in [0.05, 0.1) is 0 Å². The van der Waals surface area contributed by atoms with Crippen molar-refractivity contribution in [3.63, 3.8) is 0 Å². The highest BCUT2D eigenvalue weighted by Gasteiger charge is 2.25. The van der Waals surface area contributed by atoms with Crippen LogP contribution < -0.4 is 0 Å². The van der Waals surface area contributed by atoms with Gasteiger partial charge in [0.2, 0.25) is 0 Å². The van der Waals surface area contributed by atoms with E-state index in [0.717, 1.165) is 0 Å². The fourth-order valence-corrected chi connectivity index (χ4v) is 0.657. The highest BCUT2D eigenvalue weighted by atomic mass is 16.4. The molecule has 0 heterocycles. The molecule has 0 aromatic carbocycles. The predicted molar refractivity (Wildman–Crippen MR) is 27.2 cm³/mol. The van der Waals surface area contributed by atoms with E-state index in [1.54, 1.807) is 0 Å². The van der Waals surface area contributed by atoms with Gasteiger partial charge in [0.25, 0.3) is 0 Å². The summed E-state index contributed by atoms with van der Waals surface area (Å²) < 4.78 is 0. The summed E-state index contributed by atoms with van der Waals surface area (Å²) in [6.07, 6.45) is -0.0463. The Morgan fingerprint density at radius 2 is 1.25 bits per heavy atom. The van der Waals surface area contributed by atoms with Crippen molar-refractivity contribution in [1.82, 2.24) is 0 Å². The van der Waals surface area contributed by atoms with Crippen LogP contribution in [0.5, 0.6) is 0 Å². The molecule has 0 saturated heterocycles. The summed E-state index contributed by atoms with van der Waals surface area (Å²) in [4.78, 5) is 0. The molecule has 0 spiro atoms. The third-order valence-electron chi connectivity index (χ3n) is 1.21. The van der Waals surface area contributed by atoms with E-state index in [4.69, 9.17) is 15.3 Å². The van der Waals surface area contributed by atoms with Crippen molar-refractivity contribution < 1.29 is 15.3 Å². The molecule has 46 valence electrons. The monoisotopic (exact) mass is 116 g/mol. The molecular weight excluding hydrogens is 108 g/mol. The lowest BCUT2D eigenvalue weighted by atomic mass is 10.2. The Morgan fingerprint density at radius 3 is 1.38 bits per heavy atom. The summed E-state index contributed by atoms with van der Waals surface area (Å²) in [6.45, 7) is 0. The topological polar surface area (TPSA) is 60.7 Å². The van der Waals surface area contributed by atoms with Gasteiger partial charge in [0.15, 0.2) is 0 Å². The van der Waals surface area contributed by atoms with E-state index in [1.165, 1.54) is 12.2 Å². The smallest absolute Gasteiger partial charge is 0.113 e. The molecular formula is C5H8O3. The molecule has 0 radical (unpaired) electrons. The van der Waals surface area contributed by atoms with Gasteiger partial charge in [-0.25, -0.2) is 0 Å². The lowest BCUT2D eigenvalue weighted by Crippen LogP contribution is -2.29. The maximum atomic E-state index is 8.70. The highest BCUT2D eigenvalue weighted by molar-refractivity contribution is 5.08. The summed E-state index contributed by atoms with van der Waals surface area (Å²) in [5, 5.41) is 26.0. The highest BCUT2D eigenvalue weighted by Crippen LogP contribution is 2.10. The molecule has 0 saturated carbocycles. The van der Waals surface area contributed by atoms with Gasteiger partial charge in [-0.15, -0.1) is 0 Å². The summed E-state index contributed by atoms with van der Waals surface area (Å²) in [7, 11) is 0. The van der Waals surface area contributed by atoms with Crippen LogP contribution in [0.25, 0.3) is 0 Å². The number of hydrogen-bond donors (Lipinski definition) is 3. The second-order valence-electron chi connectivity index (χ2n) is 1.86. The molecule has 0 unspecified atom stereocenters. The minimum absolute atomic E-state index is 0.884. The lowest BCUT2D eigenvalue weighted by Gasteiger charge is -2.09. The molecule has 0 aliphatic heterocycles. The minimum Gasteiger partial charge on any atom is -0.387 e. The fourth-order valence-electron chi connectivity index (χ4n) is 0.657. The molecule has 8 heavy (non-hydrogen) atoms. The first kappa shape index (κ1) is 5.75. The van der Waals surface area contributed by atoms with Crippen molar-refractivity contribution in [3.05, 3.63) is 12.2 Å². The molecule has 0 bridgehead atoms. The van der Waals surface area contributed by atoms with Crippen molar-refractivity contribution in [1.29, 1.82) is 0 Å². The zero-order valence-corrected chi connectivity index (χ0v) is 4.23. The Morgan fingerprint density at radius 1 is 0.875 bits per heavy atom. The maximum Gasteiger partial charge on any atom is 0.113 e. The Bertz CT molecular complexity index is 98.2. The second-order valence-corrected chi connectivity index (χ2v) is 1.86. The molecule has 3 N–H and O–H groups in total. The van der Waals surface area contributed by atoms with Crippen LogP contribution >= 0.6 is 0 Å². The standard InChI is InChI=1S/C5H8O3/c6-3-1-2-4(7)5(3)8/h1-8H/t3-,4-/m0/s1. The van der Waals surface area contributed by atoms with Crippen LogP contribution in [0.3, 0.4) is 0 Å². The quantitative estimate of drug-likeness (QED) is 0.342. The Hall–Kier alpha value is -0.380. The summed E-state index contributed by atoms with van der Waals surface area (Å²) in [6, 6.07) is 0. The molecule has 0 aromatic heterocycles. The molecule has 1 rings (SSSR count). The largest absolute Gasteiger partial charge is 0.387 e. The minimum atomic E-state index is -1.02. The first-order chi connectivity index (χ1) is 3.72. The second kappa shape index (κ2) is 1.85. The van der Waals surface area contributed by atoms with E-state index < -0.39 is 18.3 Å². The van der Waals surface area contributed by atoms with Crippen LogP contribution in [-0.2, 0) is 0 Å². The summed E-state index contributed by atoms with van der Waals surface area (Å²) >= 11 is 0. The maximum absolute atomic E-state index is 8.70. The molecule has 2 atom stereocenters. The van der Waals surface area contributed by atoms with Crippen LogP contribution in [0.2, 0.25) is 0 Å². The fraction of sp³-hybridized carbons (Fsp3) is 0.600. The summed E-state index contributed by atoms with van der Waals surface area (Å²) in [5.74, 6) is 0. The first-order valence-electron chi connectivity index (χ1n) is 2.44. The molecule has 3 nitrogen and oxygen atoms in total. The molecule has 3 heteroatoms. The van der Waals surface area contributed by atoms with Gasteiger partial charge in [0.1, 0.15) is 18.3 Å². The van der Waals surface area contributed by atoms with Crippen LogP contribution in [-0.4, -0.2) is 33.6 Å². The van der Waals surface area contributed by atoms with E-state index in [2.05, 4.69) is 0 Å². The normalized spacial score (nSPS) is 38.9. The Kier molecular flexibility index (Phi) is 1.33. The number of aliphatic hydroxyl groups is 3. The first-order valence-corrected chi connectivity index (χ1v) is 2.44. The van der Waals surface area contributed by atoms with Gasteiger partial charge < -0.3 is 15.3 Å². The third-order valence-corrected chi connectivity index (χ3v) is 1.21. The van der Waals surface area contributed by atoms with E-state index in [-0.39, 0.29) is 0 Å². The zero-order chi connectivity index (χ0) is 6.15. The van der Waals surface area contributed by atoms with Crippen molar-refractivity contribution in [2.24, 2.45) is 0 Å². The van der Waals surface area contributed by atoms with Crippen LogP contribution in [0.1, 0.15) is 0 Å². The van der Waals surface area contributed by atoms with Gasteiger partial charge in [-0.3, -0.25) is 0 Å². The molecule has 0 amide bonds. The van der Waals surface area contributed by atoms with E-state index >= 15 is 0 Å². The zero-order valence-electron chi connectivity index (χ0n) is 4.23. The summed E-state index contributed by atoms with van der Waals surface area (Å²) in [5.41, 5.74) is 0. The van der Waals surface area contributed by atoms with Crippen LogP contribution in [0.4, 0.5) is 0 Å². The van der Waals surface area contributed by atoms with Crippen molar-refractivity contribution in [2.45, 2.75) is 18.3 Å². The molecule has 0 aromatic rings. The number of hydrogen-bond acceptors (Lipinski definition) is 3. The van der Waals surface area contributed by atoms with E-state index in [0.29, 0.717) is 0 Å². The van der Waals surface area contributed by atoms with Gasteiger partial charge in [0, 0.05) is 0 Å². The SMILES string of the molecule is OC1[C@@H](O)C=C[C@@H]1O.